The Labute approximate surface area is 98.2 Å². The molecular weight excluding hydrogens is 222 g/mol. The largest absolute Gasteiger partial charge is 0.392 e. The summed E-state index contributed by atoms with van der Waals surface area (Å²) in [6.45, 7) is 0.774. The van der Waals surface area contributed by atoms with Crippen molar-refractivity contribution >= 4 is 17.3 Å². The van der Waals surface area contributed by atoms with Crippen LogP contribution < -0.4 is 4.90 Å². The summed E-state index contributed by atoms with van der Waals surface area (Å²) in [7, 11) is 1.95. The number of hydrogen-bond acceptors (Lipinski definition) is 5. The zero-order valence-electron chi connectivity index (χ0n) is 9.00. The SMILES string of the molecule is CN(Cc1ccsc1)c1ncc(CO)cn1. The highest BCUT2D eigenvalue weighted by atomic mass is 32.1. The van der Waals surface area contributed by atoms with Crippen LogP contribution in [0.1, 0.15) is 11.1 Å². The molecule has 0 aliphatic carbocycles. The Hall–Kier alpha value is -1.46. The van der Waals surface area contributed by atoms with Crippen molar-refractivity contribution in [1.82, 2.24) is 9.97 Å². The second-order valence-electron chi connectivity index (χ2n) is 3.54. The molecule has 16 heavy (non-hydrogen) atoms. The van der Waals surface area contributed by atoms with Crippen LogP contribution >= 0.6 is 11.3 Å². The van der Waals surface area contributed by atoms with Crippen molar-refractivity contribution in [1.29, 1.82) is 0 Å². The van der Waals surface area contributed by atoms with Crippen molar-refractivity contribution in [2.24, 2.45) is 0 Å². The van der Waals surface area contributed by atoms with E-state index in [0.717, 1.165) is 12.1 Å². The molecule has 2 aromatic heterocycles. The van der Waals surface area contributed by atoms with Gasteiger partial charge in [0.1, 0.15) is 0 Å². The van der Waals surface area contributed by atoms with E-state index in [-0.39, 0.29) is 6.61 Å². The summed E-state index contributed by atoms with van der Waals surface area (Å²) < 4.78 is 0. The van der Waals surface area contributed by atoms with E-state index in [1.54, 1.807) is 23.7 Å². The molecule has 0 atom stereocenters. The third-order valence-corrected chi connectivity index (χ3v) is 2.95. The predicted molar refractivity (Wildman–Crippen MR) is 64.4 cm³/mol. The molecule has 0 saturated carbocycles. The third-order valence-electron chi connectivity index (χ3n) is 2.22. The lowest BCUT2D eigenvalue weighted by atomic mass is 10.3. The van der Waals surface area contributed by atoms with Crippen LogP contribution in [0.4, 0.5) is 5.95 Å². The maximum Gasteiger partial charge on any atom is 0.225 e. The van der Waals surface area contributed by atoms with E-state index in [1.165, 1.54) is 5.56 Å². The lowest BCUT2D eigenvalue weighted by Crippen LogP contribution is -2.18. The van der Waals surface area contributed by atoms with Crippen molar-refractivity contribution in [3.63, 3.8) is 0 Å². The van der Waals surface area contributed by atoms with Crippen molar-refractivity contribution in [2.75, 3.05) is 11.9 Å². The maximum absolute atomic E-state index is 8.88. The van der Waals surface area contributed by atoms with Gasteiger partial charge in [-0.2, -0.15) is 11.3 Å². The van der Waals surface area contributed by atoms with Crippen molar-refractivity contribution in [3.05, 3.63) is 40.3 Å². The molecule has 0 unspecified atom stereocenters. The Kier molecular flexibility index (Phi) is 3.48. The first-order valence-corrected chi connectivity index (χ1v) is 5.88. The molecule has 0 bridgehead atoms. The smallest absolute Gasteiger partial charge is 0.225 e. The van der Waals surface area contributed by atoms with Gasteiger partial charge in [-0.15, -0.1) is 0 Å². The first kappa shape index (κ1) is 11.0. The van der Waals surface area contributed by atoms with E-state index >= 15 is 0 Å². The van der Waals surface area contributed by atoms with Gasteiger partial charge in [-0.3, -0.25) is 0 Å². The molecule has 0 spiro atoms. The van der Waals surface area contributed by atoms with Gasteiger partial charge in [-0.05, 0) is 22.4 Å². The summed E-state index contributed by atoms with van der Waals surface area (Å²) >= 11 is 1.68. The van der Waals surface area contributed by atoms with Crippen LogP contribution in [0.25, 0.3) is 0 Å². The zero-order valence-corrected chi connectivity index (χ0v) is 9.81. The summed E-state index contributed by atoms with van der Waals surface area (Å²) in [6, 6.07) is 2.09. The first-order valence-electron chi connectivity index (χ1n) is 4.93. The van der Waals surface area contributed by atoms with Crippen LogP contribution in [0.15, 0.2) is 29.2 Å². The van der Waals surface area contributed by atoms with Gasteiger partial charge in [0.05, 0.1) is 6.61 Å². The van der Waals surface area contributed by atoms with Gasteiger partial charge in [0.25, 0.3) is 0 Å². The van der Waals surface area contributed by atoms with Gasteiger partial charge in [0, 0.05) is 31.5 Å². The summed E-state index contributed by atoms with van der Waals surface area (Å²) in [5.41, 5.74) is 1.98. The molecule has 1 N–H and O–H groups in total. The Morgan fingerprint density at radius 2 is 2.06 bits per heavy atom. The van der Waals surface area contributed by atoms with E-state index < -0.39 is 0 Å². The second kappa shape index (κ2) is 5.05. The van der Waals surface area contributed by atoms with E-state index in [1.807, 2.05) is 11.9 Å². The molecule has 0 aliphatic rings. The molecule has 0 fully saturated rings. The van der Waals surface area contributed by atoms with Gasteiger partial charge in [-0.25, -0.2) is 9.97 Å². The summed E-state index contributed by atoms with van der Waals surface area (Å²) in [6.07, 6.45) is 3.29. The molecule has 2 heterocycles. The highest BCUT2D eigenvalue weighted by Crippen LogP contribution is 2.12. The predicted octanol–water partition coefficient (Wildman–Crippen LogP) is 1.67. The highest BCUT2D eigenvalue weighted by molar-refractivity contribution is 7.07. The number of thiophene rings is 1. The van der Waals surface area contributed by atoms with E-state index in [4.69, 9.17) is 5.11 Å². The van der Waals surface area contributed by atoms with Crippen LogP contribution in [0, 0.1) is 0 Å². The first-order chi connectivity index (χ1) is 7.79. The maximum atomic E-state index is 8.88. The summed E-state index contributed by atoms with van der Waals surface area (Å²) in [5, 5.41) is 13.0. The van der Waals surface area contributed by atoms with Gasteiger partial charge in [-0.1, -0.05) is 0 Å². The standard InChI is InChI=1S/C11H13N3OS/c1-14(6-9-2-3-16-8-9)11-12-4-10(7-15)5-13-11/h2-5,8,15H,6-7H2,1H3. The molecular formula is C11H13N3OS. The zero-order chi connectivity index (χ0) is 11.4. The van der Waals surface area contributed by atoms with E-state index in [9.17, 15) is 0 Å². The van der Waals surface area contributed by atoms with Crippen LogP contribution in [0.3, 0.4) is 0 Å². The average Bonchev–Trinajstić information content (AvgIpc) is 2.82. The van der Waals surface area contributed by atoms with Gasteiger partial charge >= 0.3 is 0 Å². The average molecular weight is 235 g/mol. The topological polar surface area (TPSA) is 49.2 Å². The van der Waals surface area contributed by atoms with Gasteiger partial charge < -0.3 is 10.0 Å². The van der Waals surface area contributed by atoms with Crippen LogP contribution in [-0.4, -0.2) is 22.1 Å². The Balaban J connectivity index is 2.05. The third kappa shape index (κ3) is 2.56. The summed E-state index contributed by atoms with van der Waals surface area (Å²) in [5.74, 6) is 0.670. The lowest BCUT2D eigenvalue weighted by molar-refractivity contribution is 0.281. The Morgan fingerprint density at radius 1 is 1.31 bits per heavy atom. The second-order valence-corrected chi connectivity index (χ2v) is 4.32. The van der Waals surface area contributed by atoms with Gasteiger partial charge in [0.2, 0.25) is 5.95 Å². The minimum atomic E-state index is -0.0193. The molecule has 4 nitrogen and oxygen atoms in total. The van der Waals surface area contributed by atoms with Crippen LogP contribution in [0.2, 0.25) is 0 Å². The van der Waals surface area contributed by atoms with E-state index in [2.05, 4.69) is 26.8 Å². The Morgan fingerprint density at radius 3 is 2.62 bits per heavy atom. The monoisotopic (exact) mass is 235 g/mol. The summed E-state index contributed by atoms with van der Waals surface area (Å²) in [4.78, 5) is 10.4. The minimum absolute atomic E-state index is 0.0193. The number of aliphatic hydroxyl groups excluding tert-OH is 1. The number of anilines is 1. The molecule has 5 heteroatoms. The molecule has 0 amide bonds. The highest BCUT2D eigenvalue weighted by Gasteiger charge is 2.05. The molecule has 84 valence electrons. The van der Waals surface area contributed by atoms with Gasteiger partial charge in [0.15, 0.2) is 0 Å². The fourth-order valence-electron chi connectivity index (χ4n) is 1.35. The fourth-order valence-corrected chi connectivity index (χ4v) is 2.01. The molecule has 0 saturated heterocycles. The molecule has 0 aliphatic heterocycles. The number of rotatable bonds is 4. The fraction of sp³-hybridized carbons (Fsp3) is 0.273. The normalized spacial score (nSPS) is 10.4. The molecule has 2 aromatic rings. The lowest BCUT2D eigenvalue weighted by Gasteiger charge is -2.15. The Bertz CT molecular complexity index is 427. The molecule has 0 radical (unpaired) electrons. The van der Waals surface area contributed by atoms with Crippen molar-refractivity contribution in [2.45, 2.75) is 13.2 Å². The van der Waals surface area contributed by atoms with E-state index in [0.29, 0.717) is 5.95 Å². The number of hydrogen-bond donors (Lipinski definition) is 1. The quantitative estimate of drug-likeness (QED) is 0.875. The van der Waals surface area contributed by atoms with Crippen LogP contribution in [0.5, 0.6) is 0 Å². The van der Waals surface area contributed by atoms with Crippen LogP contribution in [-0.2, 0) is 13.2 Å². The minimum Gasteiger partial charge on any atom is -0.392 e. The molecule has 0 aromatic carbocycles. The van der Waals surface area contributed by atoms with Crippen molar-refractivity contribution in [3.8, 4) is 0 Å². The number of nitrogens with zero attached hydrogens (tertiary/aromatic N) is 3. The number of aromatic nitrogens is 2. The van der Waals surface area contributed by atoms with Crippen molar-refractivity contribution < 1.29 is 5.11 Å². The molecule has 2 rings (SSSR count). The number of aliphatic hydroxyl groups is 1.